The van der Waals surface area contributed by atoms with Crippen molar-refractivity contribution >= 4 is 17.4 Å². The second kappa shape index (κ2) is 7.61. The molecule has 2 rings (SSSR count). The summed E-state index contributed by atoms with van der Waals surface area (Å²) in [6.45, 7) is 8.23. The highest BCUT2D eigenvalue weighted by atomic mass is 32.1. The summed E-state index contributed by atoms with van der Waals surface area (Å²) in [6, 6.07) is 4.31. The van der Waals surface area contributed by atoms with Crippen molar-refractivity contribution in [2.24, 2.45) is 0 Å². The molecule has 0 bridgehead atoms. The molecule has 1 saturated heterocycles. The SMILES string of the molecule is C[C@H](NC(=O)NC[C@H](C)N1CCOCC1)c1cccs1. The van der Waals surface area contributed by atoms with Crippen molar-refractivity contribution in [2.45, 2.75) is 25.9 Å². The van der Waals surface area contributed by atoms with Crippen LogP contribution in [-0.2, 0) is 4.74 Å². The van der Waals surface area contributed by atoms with Gasteiger partial charge in [-0.1, -0.05) is 6.07 Å². The molecule has 1 aromatic heterocycles. The monoisotopic (exact) mass is 297 g/mol. The van der Waals surface area contributed by atoms with E-state index < -0.39 is 0 Å². The molecule has 5 nitrogen and oxygen atoms in total. The van der Waals surface area contributed by atoms with E-state index in [9.17, 15) is 4.79 Å². The summed E-state index contributed by atoms with van der Waals surface area (Å²) < 4.78 is 5.33. The van der Waals surface area contributed by atoms with Gasteiger partial charge in [-0.3, -0.25) is 4.90 Å². The summed E-state index contributed by atoms with van der Waals surface area (Å²) in [5.74, 6) is 0. The molecule has 6 heteroatoms. The Balaban J connectivity index is 1.69. The summed E-state index contributed by atoms with van der Waals surface area (Å²) in [4.78, 5) is 15.4. The molecule has 2 N–H and O–H groups in total. The lowest BCUT2D eigenvalue weighted by Gasteiger charge is -2.32. The Labute approximate surface area is 124 Å². The van der Waals surface area contributed by atoms with Crippen LogP contribution in [-0.4, -0.2) is 49.8 Å². The normalized spacial score (nSPS) is 19.3. The standard InChI is InChI=1S/C14H23N3O2S/c1-11(17-5-7-19-8-6-17)10-15-14(18)16-12(2)13-4-3-9-20-13/h3-4,9,11-12H,5-8,10H2,1-2H3,(H2,15,16,18)/t11-,12-/m0/s1. The summed E-state index contributed by atoms with van der Waals surface area (Å²) in [5.41, 5.74) is 0. The number of urea groups is 1. The molecule has 2 heterocycles. The second-order valence-corrected chi connectivity index (χ2v) is 6.07. The lowest BCUT2D eigenvalue weighted by atomic mass is 10.2. The lowest BCUT2D eigenvalue weighted by Crippen LogP contribution is -2.49. The lowest BCUT2D eigenvalue weighted by molar-refractivity contribution is 0.0209. The summed E-state index contributed by atoms with van der Waals surface area (Å²) >= 11 is 1.66. The van der Waals surface area contributed by atoms with Gasteiger partial charge in [0.15, 0.2) is 0 Å². The number of hydrogen-bond acceptors (Lipinski definition) is 4. The van der Waals surface area contributed by atoms with Gasteiger partial charge in [0, 0.05) is 30.6 Å². The minimum absolute atomic E-state index is 0.0497. The molecule has 2 amide bonds. The van der Waals surface area contributed by atoms with E-state index in [-0.39, 0.29) is 12.1 Å². The van der Waals surface area contributed by atoms with Gasteiger partial charge in [0.25, 0.3) is 0 Å². The van der Waals surface area contributed by atoms with Gasteiger partial charge in [-0.25, -0.2) is 4.79 Å². The molecule has 1 aliphatic rings. The fraction of sp³-hybridized carbons (Fsp3) is 0.643. The fourth-order valence-corrected chi connectivity index (χ4v) is 2.98. The zero-order valence-electron chi connectivity index (χ0n) is 12.1. The van der Waals surface area contributed by atoms with Crippen LogP contribution in [0.15, 0.2) is 17.5 Å². The third-order valence-electron chi connectivity index (χ3n) is 3.54. The molecular formula is C14H23N3O2S. The highest BCUT2D eigenvalue weighted by molar-refractivity contribution is 7.10. The van der Waals surface area contributed by atoms with Gasteiger partial charge in [0.2, 0.25) is 0 Å². The van der Waals surface area contributed by atoms with Gasteiger partial charge >= 0.3 is 6.03 Å². The fourth-order valence-electron chi connectivity index (χ4n) is 2.24. The average molecular weight is 297 g/mol. The van der Waals surface area contributed by atoms with E-state index in [1.54, 1.807) is 11.3 Å². The topological polar surface area (TPSA) is 53.6 Å². The van der Waals surface area contributed by atoms with Crippen molar-refractivity contribution in [2.75, 3.05) is 32.8 Å². The molecule has 20 heavy (non-hydrogen) atoms. The second-order valence-electron chi connectivity index (χ2n) is 5.09. The molecule has 0 spiro atoms. The Kier molecular flexibility index (Phi) is 5.82. The van der Waals surface area contributed by atoms with Crippen LogP contribution in [0.4, 0.5) is 4.79 Å². The molecule has 0 aliphatic carbocycles. The quantitative estimate of drug-likeness (QED) is 0.872. The number of amides is 2. The molecule has 0 unspecified atom stereocenters. The Morgan fingerprint density at radius 1 is 1.45 bits per heavy atom. The van der Waals surface area contributed by atoms with E-state index in [0.29, 0.717) is 12.6 Å². The first-order valence-corrected chi connectivity index (χ1v) is 7.94. The summed E-state index contributed by atoms with van der Waals surface area (Å²) in [7, 11) is 0. The van der Waals surface area contributed by atoms with Crippen LogP contribution in [0.25, 0.3) is 0 Å². The number of hydrogen-bond donors (Lipinski definition) is 2. The number of nitrogens with zero attached hydrogens (tertiary/aromatic N) is 1. The zero-order valence-corrected chi connectivity index (χ0v) is 12.9. The van der Waals surface area contributed by atoms with E-state index in [2.05, 4.69) is 22.5 Å². The molecular weight excluding hydrogens is 274 g/mol. The maximum Gasteiger partial charge on any atom is 0.315 e. The van der Waals surface area contributed by atoms with Crippen molar-refractivity contribution in [3.05, 3.63) is 22.4 Å². The molecule has 0 aromatic carbocycles. The number of rotatable bonds is 5. The number of morpholine rings is 1. The highest BCUT2D eigenvalue weighted by Gasteiger charge is 2.18. The Morgan fingerprint density at radius 2 is 2.20 bits per heavy atom. The van der Waals surface area contributed by atoms with E-state index in [1.165, 1.54) is 4.88 Å². The predicted octanol–water partition coefficient (Wildman–Crippen LogP) is 1.83. The Bertz CT molecular complexity index is 405. The molecule has 1 aromatic rings. The molecule has 0 radical (unpaired) electrons. The molecule has 1 fully saturated rings. The van der Waals surface area contributed by atoms with Crippen molar-refractivity contribution in [3.8, 4) is 0 Å². The maximum atomic E-state index is 11.9. The number of carbonyl (C=O) groups excluding carboxylic acids is 1. The van der Waals surface area contributed by atoms with Crippen LogP contribution in [0.3, 0.4) is 0 Å². The van der Waals surface area contributed by atoms with E-state index in [4.69, 9.17) is 4.74 Å². The van der Waals surface area contributed by atoms with Gasteiger partial charge in [-0.05, 0) is 25.3 Å². The van der Waals surface area contributed by atoms with Crippen molar-refractivity contribution in [3.63, 3.8) is 0 Å². The first-order chi connectivity index (χ1) is 9.66. The van der Waals surface area contributed by atoms with Crippen LogP contribution < -0.4 is 10.6 Å². The zero-order chi connectivity index (χ0) is 14.4. The van der Waals surface area contributed by atoms with E-state index in [0.717, 1.165) is 26.3 Å². The van der Waals surface area contributed by atoms with E-state index in [1.807, 2.05) is 24.4 Å². The van der Waals surface area contributed by atoms with Crippen LogP contribution in [0.2, 0.25) is 0 Å². The van der Waals surface area contributed by atoms with Crippen LogP contribution in [0.1, 0.15) is 24.8 Å². The highest BCUT2D eigenvalue weighted by Crippen LogP contribution is 2.17. The van der Waals surface area contributed by atoms with Gasteiger partial charge in [-0.2, -0.15) is 0 Å². The molecule has 1 aliphatic heterocycles. The number of thiophene rings is 1. The minimum atomic E-state index is -0.106. The van der Waals surface area contributed by atoms with E-state index >= 15 is 0 Å². The third kappa shape index (κ3) is 4.47. The summed E-state index contributed by atoms with van der Waals surface area (Å²) in [5, 5.41) is 7.92. The van der Waals surface area contributed by atoms with Crippen LogP contribution >= 0.6 is 11.3 Å². The molecule has 0 saturated carbocycles. The first-order valence-electron chi connectivity index (χ1n) is 7.06. The van der Waals surface area contributed by atoms with Crippen molar-refractivity contribution < 1.29 is 9.53 Å². The van der Waals surface area contributed by atoms with Crippen molar-refractivity contribution in [1.29, 1.82) is 0 Å². The average Bonchev–Trinajstić information content (AvgIpc) is 3.00. The predicted molar refractivity (Wildman–Crippen MR) is 81.1 cm³/mol. The van der Waals surface area contributed by atoms with Gasteiger partial charge in [0.05, 0.1) is 19.3 Å². The largest absolute Gasteiger partial charge is 0.379 e. The van der Waals surface area contributed by atoms with Gasteiger partial charge < -0.3 is 15.4 Å². The Morgan fingerprint density at radius 3 is 2.85 bits per heavy atom. The van der Waals surface area contributed by atoms with Crippen molar-refractivity contribution in [1.82, 2.24) is 15.5 Å². The Hall–Kier alpha value is -1.11. The third-order valence-corrected chi connectivity index (χ3v) is 4.60. The van der Waals surface area contributed by atoms with Crippen LogP contribution in [0, 0.1) is 0 Å². The maximum absolute atomic E-state index is 11.9. The smallest absolute Gasteiger partial charge is 0.315 e. The summed E-state index contributed by atoms with van der Waals surface area (Å²) in [6.07, 6.45) is 0. The van der Waals surface area contributed by atoms with Crippen LogP contribution in [0.5, 0.6) is 0 Å². The number of carbonyl (C=O) groups is 1. The molecule has 2 atom stereocenters. The number of ether oxygens (including phenoxy) is 1. The van der Waals surface area contributed by atoms with Gasteiger partial charge in [0.1, 0.15) is 0 Å². The molecule has 112 valence electrons. The minimum Gasteiger partial charge on any atom is -0.379 e. The number of nitrogens with one attached hydrogen (secondary N) is 2. The first kappa shape index (κ1) is 15.3. The van der Waals surface area contributed by atoms with Gasteiger partial charge in [-0.15, -0.1) is 11.3 Å².